The van der Waals surface area contributed by atoms with E-state index in [9.17, 15) is 14.9 Å². The van der Waals surface area contributed by atoms with Gasteiger partial charge >= 0.3 is 17.9 Å². The Kier molecular flexibility index (Phi) is 3.38. The molecule has 0 radical (unpaired) electrons. The van der Waals surface area contributed by atoms with Crippen LogP contribution in [0.5, 0.6) is 6.01 Å². The second kappa shape index (κ2) is 5.47. The van der Waals surface area contributed by atoms with Crippen LogP contribution in [0.4, 0.5) is 16.3 Å². The summed E-state index contributed by atoms with van der Waals surface area (Å²) in [5, 5.41) is 10.8. The Hall–Kier alpha value is -3.10. The zero-order chi connectivity index (χ0) is 17.6. The molecular weight excluding hydrogens is 326 g/mol. The average Bonchev–Trinajstić information content (AvgIpc) is 3.21. The van der Waals surface area contributed by atoms with E-state index in [4.69, 9.17) is 4.74 Å². The van der Waals surface area contributed by atoms with Gasteiger partial charge in [0.1, 0.15) is 11.8 Å². The van der Waals surface area contributed by atoms with E-state index >= 15 is 0 Å². The maximum Gasteiger partial charge on any atom is 0.415 e. The van der Waals surface area contributed by atoms with Crippen molar-refractivity contribution >= 4 is 17.5 Å². The van der Waals surface area contributed by atoms with Crippen molar-refractivity contribution in [1.29, 1.82) is 0 Å². The quantitative estimate of drug-likeness (QED) is 0.624. The highest BCUT2D eigenvalue weighted by Crippen LogP contribution is 2.32. The molecule has 2 aromatic rings. The first kappa shape index (κ1) is 15.4. The van der Waals surface area contributed by atoms with Crippen LogP contribution in [-0.2, 0) is 6.54 Å². The topological polar surface area (TPSA) is 93.7 Å². The van der Waals surface area contributed by atoms with Crippen LogP contribution >= 0.6 is 0 Å². The van der Waals surface area contributed by atoms with Gasteiger partial charge in [-0.3, -0.25) is 9.47 Å². The molecule has 130 valence electrons. The lowest BCUT2D eigenvalue weighted by Crippen LogP contribution is -2.46. The minimum absolute atomic E-state index is 0.0634. The maximum atomic E-state index is 12.7. The number of hydrogen-bond donors (Lipinski definition) is 0. The Labute approximate surface area is 143 Å². The Morgan fingerprint density at radius 3 is 2.76 bits per heavy atom. The lowest BCUT2D eigenvalue weighted by Gasteiger charge is -2.28. The number of carbonyl (C=O) groups is 1. The van der Waals surface area contributed by atoms with Gasteiger partial charge in [0.15, 0.2) is 0 Å². The molecule has 1 fully saturated rings. The molecule has 2 aliphatic rings. The van der Waals surface area contributed by atoms with Crippen LogP contribution in [0.2, 0.25) is 0 Å². The van der Waals surface area contributed by atoms with Crippen molar-refractivity contribution in [3.05, 3.63) is 46.6 Å². The first-order chi connectivity index (χ1) is 12.0. The van der Waals surface area contributed by atoms with Gasteiger partial charge in [-0.25, -0.2) is 4.79 Å². The van der Waals surface area contributed by atoms with Gasteiger partial charge in [-0.1, -0.05) is 18.2 Å². The summed E-state index contributed by atoms with van der Waals surface area (Å²) in [6.07, 6.45) is 1.36. The maximum absolute atomic E-state index is 12.7. The second-order valence-electron chi connectivity index (χ2n) is 6.51. The number of anilines is 1. The number of carbonyl (C=O) groups excluding carboxylic acids is 1. The Bertz CT molecular complexity index is 811. The number of ether oxygens (including phenoxy) is 1. The smallest absolute Gasteiger partial charge is 0.415 e. The zero-order valence-corrected chi connectivity index (χ0v) is 13.7. The lowest BCUT2D eigenvalue weighted by atomic mass is 10.1. The van der Waals surface area contributed by atoms with Crippen molar-refractivity contribution in [2.24, 2.45) is 0 Å². The third-order valence-corrected chi connectivity index (χ3v) is 4.44. The van der Waals surface area contributed by atoms with Crippen molar-refractivity contribution in [2.75, 3.05) is 24.5 Å². The molecule has 0 aliphatic carbocycles. The van der Waals surface area contributed by atoms with Gasteiger partial charge in [-0.15, -0.1) is 0 Å². The fourth-order valence-corrected chi connectivity index (χ4v) is 3.34. The van der Waals surface area contributed by atoms with Gasteiger partial charge in [0.05, 0.1) is 13.1 Å². The summed E-state index contributed by atoms with van der Waals surface area (Å²) in [6, 6.07) is 9.69. The number of benzene rings is 1. The summed E-state index contributed by atoms with van der Waals surface area (Å²) in [5.41, 5.74) is 0.218. The summed E-state index contributed by atoms with van der Waals surface area (Å²) < 4.78 is 7.43. The lowest BCUT2D eigenvalue weighted by molar-refractivity contribution is -0.389. The molecule has 9 nitrogen and oxygen atoms in total. The monoisotopic (exact) mass is 343 g/mol. The highest BCUT2D eigenvalue weighted by Gasteiger charge is 2.44. The van der Waals surface area contributed by atoms with Crippen LogP contribution in [-0.4, -0.2) is 50.6 Å². The van der Waals surface area contributed by atoms with Gasteiger partial charge in [0.2, 0.25) is 0 Å². The first-order valence-corrected chi connectivity index (χ1v) is 7.97. The predicted octanol–water partition coefficient (Wildman–Crippen LogP) is 1.88. The zero-order valence-electron chi connectivity index (χ0n) is 13.7. The van der Waals surface area contributed by atoms with E-state index in [0.717, 1.165) is 5.69 Å². The van der Waals surface area contributed by atoms with Gasteiger partial charge in [-0.05, 0) is 24.0 Å². The van der Waals surface area contributed by atoms with E-state index in [1.165, 1.54) is 6.20 Å². The number of para-hydroxylation sites is 1. The fourth-order valence-electron chi connectivity index (χ4n) is 3.34. The molecule has 1 aromatic carbocycles. The average molecular weight is 343 g/mol. The number of rotatable bonds is 4. The summed E-state index contributed by atoms with van der Waals surface area (Å²) in [6.45, 7) is 3.92. The molecule has 0 N–H and O–H groups in total. The van der Waals surface area contributed by atoms with E-state index in [0.29, 0.717) is 26.2 Å². The number of nitrogens with zero attached hydrogens (tertiary/aromatic N) is 5. The molecule has 4 rings (SSSR count). The predicted molar refractivity (Wildman–Crippen MR) is 88.7 cm³/mol. The van der Waals surface area contributed by atoms with E-state index in [2.05, 4.69) is 4.98 Å². The molecular formula is C16H17N5O4. The van der Waals surface area contributed by atoms with Crippen LogP contribution in [0.3, 0.4) is 0 Å². The van der Waals surface area contributed by atoms with Crippen molar-refractivity contribution in [3.63, 3.8) is 0 Å². The van der Waals surface area contributed by atoms with Crippen LogP contribution in [0.25, 0.3) is 0 Å². The van der Waals surface area contributed by atoms with Crippen LogP contribution in [0.15, 0.2) is 36.5 Å². The van der Waals surface area contributed by atoms with E-state index in [1.807, 2.05) is 37.3 Å². The number of imidazole rings is 1. The number of fused-ring (bicyclic) bond motifs is 1. The Balaban J connectivity index is 1.45. The van der Waals surface area contributed by atoms with Crippen molar-refractivity contribution in [3.8, 4) is 6.01 Å². The fraction of sp³-hybridized carbons (Fsp3) is 0.375. The molecule has 1 saturated heterocycles. The molecule has 25 heavy (non-hydrogen) atoms. The minimum Gasteiger partial charge on any atom is -0.436 e. The minimum atomic E-state index is -0.653. The van der Waals surface area contributed by atoms with Gasteiger partial charge in [0, 0.05) is 23.8 Å². The normalized spacial score (nSPS) is 22.2. The molecule has 0 saturated carbocycles. The standard InChI is InChI=1S/C16H17N5O4/c1-16(11-19-9-13(21(23)24)17-14(19)25-16)10-18-7-8-20(15(18)22)12-5-3-2-4-6-12/h2-6,9H,7-8,10-11H2,1H3. The van der Waals surface area contributed by atoms with E-state index in [-0.39, 0.29) is 17.9 Å². The van der Waals surface area contributed by atoms with Crippen LogP contribution in [0, 0.1) is 10.1 Å². The molecule has 3 heterocycles. The van der Waals surface area contributed by atoms with Gasteiger partial charge in [0.25, 0.3) is 0 Å². The summed E-state index contributed by atoms with van der Waals surface area (Å²) in [5.74, 6) is -0.232. The first-order valence-electron chi connectivity index (χ1n) is 7.97. The van der Waals surface area contributed by atoms with Gasteiger partial charge in [-0.2, -0.15) is 0 Å². The number of hydrogen-bond acceptors (Lipinski definition) is 5. The highest BCUT2D eigenvalue weighted by molar-refractivity contribution is 5.94. The summed E-state index contributed by atoms with van der Waals surface area (Å²) in [4.78, 5) is 30.3. The molecule has 0 bridgehead atoms. The largest absolute Gasteiger partial charge is 0.436 e. The molecule has 2 aliphatic heterocycles. The number of aromatic nitrogens is 2. The molecule has 1 atom stereocenters. The highest BCUT2D eigenvalue weighted by atomic mass is 16.6. The molecule has 1 aromatic heterocycles. The Morgan fingerprint density at radius 1 is 1.32 bits per heavy atom. The second-order valence-corrected chi connectivity index (χ2v) is 6.51. The molecule has 1 unspecified atom stereocenters. The van der Waals surface area contributed by atoms with Crippen LogP contribution in [0.1, 0.15) is 6.92 Å². The van der Waals surface area contributed by atoms with E-state index < -0.39 is 10.5 Å². The molecule has 0 spiro atoms. The third-order valence-electron chi connectivity index (χ3n) is 4.44. The third kappa shape index (κ3) is 2.67. The summed E-state index contributed by atoms with van der Waals surface area (Å²) >= 11 is 0. The number of urea groups is 1. The number of nitro groups is 1. The van der Waals surface area contributed by atoms with E-state index in [1.54, 1.807) is 14.4 Å². The molecule has 2 amide bonds. The summed E-state index contributed by atoms with van der Waals surface area (Å²) in [7, 11) is 0. The van der Waals surface area contributed by atoms with Gasteiger partial charge < -0.3 is 19.8 Å². The van der Waals surface area contributed by atoms with Crippen molar-refractivity contribution in [1.82, 2.24) is 14.5 Å². The SMILES string of the molecule is CC1(CN2CCN(c3ccccc3)C2=O)Cn2cc([N+](=O)[O-])nc2O1. The van der Waals surface area contributed by atoms with Crippen molar-refractivity contribution < 1.29 is 14.5 Å². The van der Waals surface area contributed by atoms with Crippen molar-refractivity contribution in [2.45, 2.75) is 19.1 Å². The molecule has 9 heteroatoms. The van der Waals surface area contributed by atoms with Crippen LogP contribution < -0.4 is 9.64 Å². The Morgan fingerprint density at radius 2 is 2.08 bits per heavy atom. The number of amides is 2.